The van der Waals surface area contributed by atoms with Gasteiger partial charge in [0.1, 0.15) is 17.4 Å². The Labute approximate surface area is 191 Å². The molecular weight excluding hydrogens is 402 g/mol. The summed E-state index contributed by atoms with van der Waals surface area (Å²) >= 11 is 0. The third kappa shape index (κ3) is 5.03. The van der Waals surface area contributed by atoms with Crippen LogP contribution in [0.25, 0.3) is 22.3 Å². The summed E-state index contributed by atoms with van der Waals surface area (Å²) in [5, 5.41) is 0. The lowest BCUT2D eigenvalue weighted by molar-refractivity contribution is 0.127. The Bertz CT molecular complexity index is 1020. The fourth-order valence-corrected chi connectivity index (χ4v) is 4.20. The summed E-state index contributed by atoms with van der Waals surface area (Å²) in [4.78, 5) is 0. The Hall–Kier alpha value is -2.68. The Morgan fingerprint density at radius 1 is 0.719 bits per heavy atom. The van der Waals surface area contributed by atoms with Crippen LogP contribution in [0.1, 0.15) is 58.1 Å². The smallest absolute Gasteiger partial charge is 0.134 e. The first kappa shape index (κ1) is 24.0. The highest BCUT2D eigenvalue weighted by molar-refractivity contribution is 5.72. The molecule has 0 spiro atoms. The van der Waals surface area contributed by atoms with Gasteiger partial charge in [0, 0.05) is 5.41 Å². The van der Waals surface area contributed by atoms with Crippen LogP contribution in [0.15, 0.2) is 54.6 Å². The fraction of sp³-hybridized carbons (Fsp3) is 0.379. The molecule has 0 amide bonds. The van der Waals surface area contributed by atoms with Crippen molar-refractivity contribution in [2.75, 3.05) is 6.61 Å². The molecular formula is C29H34F2O. The molecule has 0 fully saturated rings. The van der Waals surface area contributed by atoms with E-state index in [4.69, 9.17) is 4.74 Å². The second kappa shape index (κ2) is 10.3. The van der Waals surface area contributed by atoms with E-state index in [1.165, 1.54) is 12.1 Å². The zero-order valence-corrected chi connectivity index (χ0v) is 19.9. The molecule has 0 aliphatic carbocycles. The van der Waals surface area contributed by atoms with Crippen molar-refractivity contribution in [1.82, 2.24) is 0 Å². The van der Waals surface area contributed by atoms with Crippen LogP contribution < -0.4 is 4.74 Å². The van der Waals surface area contributed by atoms with Gasteiger partial charge in [-0.2, -0.15) is 0 Å². The van der Waals surface area contributed by atoms with E-state index in [0.29, 0.717) is 17.7 Å². The lowest BCUT2D eigenvalue weighted by Gasteiger charge is -2.30. The third-order valence-electron chi connectivity index (χ3n) is 6.94. The van der Waals surface area contributed by atoms with E-state index in [1.54, 1.807) is 6.07 Å². The van der Waals surface area contributed by atoms with Gasteiger partial charge in [-0.15, -0.1) is 0 Å². The maximum Gasteiger partial charge on any atom is 0.134 e. The first-order valence-electron chi connectivity index (χ1n) is 11.7. The van der Waals surface area contributed by atoms with Gasteiger partial charge in [0.2, 0.25) is 0 Å². The van der Waals surface area contributed by atoms with Crippen molar-refractivity contribution in [3.8, 4) is 28.0 Å². The summed E-state index contributed by atoms with van der Waals surface area (Å²) < 4.78 is 36.4. The average Bonchev–Trinajstić information content (AvgIpc) is 2.80. The molecule has 0 aliphatic heterocycles. The van der Waals surface area contributed by atoms with Gasteiger partial charge in [-0.1, -0.05) is 63.6 Å². The maximum absolute atomic E-state index is 15.1. The van der Waals surface area contributed by atoms with Gasteiger partial charge in [0.25, 0.3) is 0 Å². The van der Waals surface area contributed by atoms with E-state index in [-0.39, 0.29) is 11.0 Å². The van der Waals surface area contributed by atoms with Crippen LogP contribution in [-0.2, 0) is 6.42 Å². The van der Waals surface area contributed by atoms with Crippen molar-refractivity contribution in [1.29, 1.82) is 0 Å². The Balaban J connectivity index is 1.92. The quantitative estimate of drug-likeness (QED) is 0.326. The minimum absolute atomic E-state index is 0.00660. The zero-order valence-electron chi connectivity index (χ0n) is 19.9. The molecule has 0 unspecified atom stereocenters. The molecule has 0 heterocycles. The van der Waals surface area contributed by atoms with Crippen LogP contribution in [0.5, 0.6) is 5.75 Å². The molecule has 1 nitrogen and oxygen atoms in total. The molecule has 0 aromatic heterocycles. The largest absolute Gasteiger partial charge is 0.493 e. The molecule has 0 radical (unpaired) electrons. The number of hydrogen-bond acceptors (Lipinski definition) is 1. The van der Waals surface area contributed by atoms with Gasteiger partial charge in [0.15, 0.2) is 0 Å². The van der Waals surface area contributed by atoms with Crippen LogP contribution in [0.2, 0.25) is 0 Å². The SMILES string of the molecule is CCc1cc(-c2c(F)cc(-c3ccc(C)cc3)cc2F)ccc1OCC(CC)(CC)CC. The standard InChI is InChI=1S/C29H34F2O/c1-6-21-16-23(14-15-27(21)32-19-29(7-2,8-3)9-4)28-25(30)17-24(18-26(28)31)22-12-10-20(5)11-13-22/h10-18H,6-9,19H2,1-5H3. The normalized spacial score (nSPS) is 11.6. The third-order valence-corrected chi connectivity index (χ3v) is 6.94. The van der Waals surface area contributed by atoms with E-state index in [0.717, 1.165) is 48.1 Å². The summed E-state index contributed by atoms with van der Waals surface area (Å²) in [7, 11) is 0. The molecule has 0 bridgehead atoms. The lowest BCUT2D eigenvalue weighted by Crippen LogP contribution is -2.26. The highest BCUT2D eigenvalue weighted by Crippen LogP contribution is 2.36. The molecule has 170 valence electrons. The number of ether oxygens (including phenoxy) is 1. The van der Waals surface area contributed by atoms with Gasteiger partial charge in [-0.05, 0) is 79.1 Å². The molecule has 3 rings (SSSR count). The molecule has 0 N–H and O–H groups in total. The fourth-order valence-electron chi connectivity index (χ4n) is 4.20. The van der Waals surface area contributed by atoms with E-state index in [2.05, 4.69) is 20.8 Å². The van der Waals surface area contributed by atoms with Crippen molar-refractivity contribution in [2.24, 2.45) is 5.41 Å². The van der Waals surface area contributed by atoms with Crippen molar-refractivity contribution in [3.05, 3.63) is 77.4 Å². The van der Waals surface area contributed by atoms with E-state index in [1.807, 2.05) is 50.2 Å². The average molecular weight is 437 g/mol. The highest BCUT2D eigenvalue weighted by Gasteiger charge is 2.25. The van der Waals surface area contributed by atoms with Gasteiger partial charge in [-0.25, -0.2) is 8.78 Å². The van der Waals surface area contributed by atoms with Crippen LogP contribution in [0, 0.1) is 24.0 Å². The number of hydrogen-bond donors (Lipinski definition) is 0. The van der Waals surface area contributed by atoms with Gasteiger partial charge in [-0.3, -0.25) is 0 Å². The minimum atomic E-state index is -0.557. The van der Waals surface area contributed by atoms with E-state index < -0.39 is 11.6 Å². The summed E-state index contributed by atoms with van der Waals surface area (Å²) in [5.74, 6) is -0.315. The number of benzene rings is 3. The van der Waals surface area contributed by atoms with Gasteiger partial charge in [0.05, 0.1) is 12.2 Å². The predicted molar refractivity (Wildman–Crippen MR) is 130 cm³/mol. The van der Waals surface area contributed by atoms with Gasteiger partial charge >= 0.3 is 0 Å². The van der Waals surface area contributed by atoms with Crippen LogP contribution in [0.3, 0.4) is 0 Å². The highest BCUT2D eigenvalue weighted by atomic mass is 19.1. The zero-order chi connectivity index (χ0) is 23.3. The topological polar surface area (TPSA) is 9.23 Å². The van der Waals surface area contributed by atoms with Crippen molar-refractivity contribution >= 4 is 0 Å². The first-order valence-corrected chi connectivity index (χ1v) is 11.7. The number of halogens is 2. The minimum Gasteiger partial charge on any atom is -0.493 e. The Morgan fingerprint density at radius 3 is 1.81 bits per heavy atom. The predicted octanol–water partition coefficient (Wildman–Crippen LogP) is 8.76. The second-order valence-electron chi connectivity index (χ2n) is 8.71. The van der Waals surface area contributed by atoms with Crippen LogP contribution in [-0.4, -0.2) is 6.61 Å². The van der Waals surface area contributed by atoms with Crippen molar-refractivity contribution < 1.29 is 13.5 Å². The van der Waals surface area contributed by atoms with Gasteiger partial charge < -0.3 is 4.74 Å². The summed E-state index contributed by atoms with van der Waals surface area (Å²) in [6.07, 6.45) is 3.90. The lowest BCUT2D eigenvalue weighted by atomic mass is 9.81. The first-order chi connectivity index (χ1) is 15.4. The van der Waals surface area contributed by atoms with E-state index >= 15 is 8.78 Å². The molecule has 32 heavy (non-hydrogen) atoms. The number of aryl methyl sites for hydroxylation is 2. The maximum atomic E-state index is 15.1. The number of rotatable bonds is 9. The van der Waals surface area contributed by atoms with Crippen LogP contribution in [0.4, 0.5) is 8.78 Å². The monoisotopic (exact) mass is 436 g/mol. The molecule has 3 aromatic carbocycles. The molecule has 3 aromatic rings. The van der Waals surface area contributed by atoms with Crippen LogP contribution >= 0.6 is 0 Å². The molecule has 0 atom stereocenters. The van der Waals surface area contributed by atoms with Crippen molar-refractivity contribution in [2.45, 2.75) is 60.3 Å². The molecule has 3 heteroatoms. The Morgan fingerprint density at radius 2 is 1.28 bits per heavy atom. The summed E-state index contributed by atoms with van der Waals surface area (Å²) in [5.41, 5.74) is 4.10. The Kier molecular flexibility index (Phi) is 7.71. The molecule has 0 saturated heterocycles. The van der Waals surface area contributed by atoms with Crippen molar-refractivity contribution in [3.63, 3.8) is 0 Å². The summed E-state index contributed by atoms with van der Waals surface area (Å²) in [6, 6.07) is 15.9. The molecule has 0 saturated carbocycles. The summed E-state index contributed by atoms with van der Waals surface area (Å²) in [6.45, 7) is 11.3. The molecule has 0 aliphatic rings. The second-order valence-corrected chi connectivity index (χ2v) is 8.71. The van der Waals surface area contributed by atoms with E-state index in [9.17, 15) is 0 Å².